The van der Waals surface area contributed by atoms with E-state index in [1.54, 1.807) is 0 Å². The van der Waals surface area contributed by atoms with Gasteiger partial charge >= 0.3 is 5.97 Å². The van der Waals surface area contributed by atoms with Crippen LogP contribution >= 0.6 is 15.9 Å². The van der Waals surface area contributed by atoms with Crippen molar-refractivity contribution in [3.05, 3.63) is 47.0 Å². The number of nitrogens with one attached hydrogen (secondary N) is 2. The molecule has 2 amide bonds. The van der Waals surface area contributed by atoms with E-state index in [1.807, 2.05) is 37.3 Å². The second-order valence-electron chi connectivity index (χ2n) is 5.56. The summed E-state index contributed by atoms with van der Waals surface area (Å²) < 4.78 is 5.21. The monoisotopic (exact) mass is 410 g/mol. The standard InChI is InChI=1S/C18H23BrN2O4/c1-12(19)11-15(18(24)25-3)21-17(23)10-9-16(22)20-13(2)14-7-5-4-6-8-14/h4-8,13,15H,1,9-11H2,2-3H3,(H,20,22)(H,21,23)/t13-,15+/m1/s1. The van der Waals surface area contributed by atoms with Crippen molar-refractivity contribution in [2.24, 2.45) is 0 Å². The summed E-state index contributed by atoms with van der Waals surface area (Å²) in [5.41, 5.74) is 0.988. The van der Waals surface area contributed by atoms with Gasteiger partial charge in [0.1, 0.15) is 6.04 Å². The number of halogens is 1. The van der Waals surface area contributed by atoms with Crippen molar-refractivity contribution in [2.45, 2.75) is 38.3 Å². The molecule has 1 aromatic carbocycles. The van der Waals surface area contributed by atoms with Crippen LogP contribution in [0.3, 0.4) is 0 Å². The van der Waals surface area contributed by atoms with Crippen molar-refractivity contribution >= 4 is 33.7 Å². The maximum atomic E-state index is 12.0. The van der Waals surface area contributed by atoms with Crippen molar-refractivity contribution in [2.75, 3.05) is 7.11 Å². The minimum absolute atomic E-state index is 0.0183. The van der Waals surface area contributed by atoms with Gasteiger partial charge in [-0.2, -0.15) is 0 Å². The first-order valence-corrected chi connectivity index (χ1v) is 8.67. The van der Waals surface area contributed by atoms with Crippen LogP contribution in [0, 0.1) is 0 Å². The lowest BCUT2D eigenvalue weighted by atomic mass is 10.1. The van der Waals surface area contributed by atoms with Gasteiger partial charge in [0.15, 0.2) is 0 Å². The maximum Gasteiger partial charge on any atom is 0.328 e. The number of hydrogen-bond acceptors (Lipinski definition) is 4. The first-order chi connectivity index (χ1) is 11.8. The summed E-state index contributed by atoms with van der Waals surface area (Å²) in [5.74, 6) is -1.19. The van der Waals surface area contributed by atoms with Crippen LogP contribution in [0.4, 0.5) is 0 Å². The van der Waals surface area contributed by atoms with Crippen LogP contribution in [0.25, 0.3) is 0 Å². The Morgan fingerprint density at radius 3 is 2.20 bits per heavy atom. The largest absolute Gasteiger partial charge is 0.467 e. The molecule has 0 aliphatic rings. The summed E-state index contributed by atoms with van der Waals surface area (Å²) in [6, 6.07) is 8.58. The Bertz CT molecular complexity index is 619. The lowest BCUT2D eigenvalue weighted by Gasteiger charge is -2.17. The van der Waals surface area contributed by atoms with E-state index in [0.717, 1.165) is 5.56 Å². The molecule has 2 N–H and O–H groups in total. The zero-order valence-corrected chi connectivity index (χ0v) is 16.0. The average Bonchev–Trinajstić information content (AvgIpc) is 2.59. The average molecular weight is 411 g/mol. The van der Waals surface area contributed by atoms with Gasteiger partial charge in [0.2, 0.25) is 11.8 Å². The van der Waals surface area contributed by atoms with Crippen LogP contribution < -0.4 is 10.6 Å². The van der Waals surface area contributed by atoms with E-state index in [0.29, 0.717) is 4.48 Å². The number of benzene rings is 1. The fraction of sp³-hybridized carbons (Fsp3) is 0.389. The quantitative estimate of drug-likeness (QED) is 0.612. The highest BCUT2D eigenvalue weighted by molar-refractivity contribution is 9.11. The smallest absolute Gasteiger partial charge is 0.328 e. The second-order valence-corrected chi connectivity index (χ2v) is 6.69. The Labute approximate surface area is 156 Å². The highest BCUT2D eigenvalue weighted by Crippen LogP contribution is 2.12. The number of carbonyl (C=O) groups is 3. The van der Waals surface area contributed by atoms with E-state index in [4.69, 9.17) is 0 Å². The molecule has 7 heteroatoms. The van der Waals surface area contributed by atoms with Gasteiger partial charge in [0.05, 0.1) is 13.2 Å². The molecule has 0 unspecified atom stereocenters. The van der Waals surface area contributed by atoms with E-state index < -0.39 is 17.9 Å². The summed E-state index contributed by atoms with van der Waals surface area (Å²) in [4.78, 5) is 35.6. The molecule has 0 aliphatic carbocycles. The van der Waals surface area contributed by atoms with Crippen LogP contribution in [-0.2, 0) is 19.1 Å². The molecule has 0 spiro atoms. The zero-order chi connectivity index (χ0) is 18.8. The van der Waals surface area contributed by atoms with Gasteiger partial charge in [-0.25, -0.2) is 4.79 Å². The van der Waals surface area contributed by atoms with Crippen molar-refractivity contribution < 1.29 is 19.1 Å². The van der Waals surface area contributed by atoms with Gasteiger partial charge in [-0.1, -0.05) is 52.8 Å². The van der Waals surface area contributed by atoms with Crippen molar-refractivity contribution in [3.8, 4) is 0 Å². The van der Waals surface area contributed by atoms with E-state index >= 15 is 0 Å². The van der Waals surface area contributed by atoms with Gasteiger partial charge in [0.25, 0.3) is 0 Å². The van der Waals surface area contributed by atoms with Crippen LogP contribution in [-0.4, -0.2) is 30.9 Å². The Hall–Kier alpha value is -2.15. The number of ether oxygens (including phenoxy) is 1. The van der Waals surface area contributed by atoms with Gasteiger partial charge in [-0.05, 0) is 17.0 Å². The topological polar surface area (TPSA) is 84.5 Å². The summed E-state index contributed by atoms with van der Waals surface area (Å²) in [6.07, 6.45) is 0.234. The molecule has 0 bridgehead atoms. The minimum Gasteiger partial charge on any atom is -0.467 e. The lowest BCUT2D eigenvalue weighted by molar-refractivity contribution is -0.145. The second kappa shape index (κ2) is 10.7. The van der Waals surface area contributed by atoms with Gasteiger partial charge in [-0.3, -0.25) is 9.59 Å². The molecular formula is C18H23BrN2O4. The number of methoxy groups -OCH3 is 1. The molecule has 0 heterocycles. The molecule has 0 fully saturated rings. The van der Waals surface area contributed by atoms with Crippen molar-refractivity contribution in [1.82, 2.24) is 10.6 Å². The molecule has 25 heavy (non-hydrogen) atoms. The van der Waals surface area contributed by atoms with Gasteiger partial charge < -0.3 is 15.4 Å². The van der Waals surface area contributed by atoms with E-state index in [1.165, 1.54) is 7.11 Å². The molecule has 0 saturated heterocycles. The number of amides is 2. The fourth-order valence-corrected chi connectivity index (χ4v) is 2.51. The summed E-state index contributed by atoms with van der Waals surface area (Å²) in [5, 5.41) is 5.39. The van der Waals surface area contributed by atoms with Crippen LogP contribution in [0.5, 0.6) is 0 Å². The first-order valence-electron chi connectivity index (χ1n) is 7.88. The van der Waals surface area contributed by atoms with Crippen LogP contribution in [0.1, 0.15) is 37.8 Å². The minimum atomic E-state index is -0.823. The normalized spacial score (nSPS) is 12.6. The molecule has 1 rings (SSSR count). The fourth-order valence-electron chi connectivity index (χ4n) is 2.19. The molecule has 0 radical (unpaired) electrons. The highest BCUT2D eigenvalue weighted by Gasteiger charge is 2.22. The van der Waals surface area contributed by atoms with Gasteiger partial charge in [0, 0.05) is 19.3 Å². The van der Waals surface area contributed by atoms with E-state index in [-0.39, 0.29) is 31.2 Å². The summed E-state index contributed by atoms with van der Waals surface area (Å²) in [6.45, 7) is 5.53. The molecule has 0 aliphatic heterocycles. The molecular weight excluding hydrogens is 388 g/mol. The summed E-state index contributed by atoms with van der Waals surface area (Å²) >= 11 is 3.16. The molecule has 0 saturated carbocycles. The predicted octanol–water partition coefficient (Wildman–Crippen LogP) is 2.60. The third-order valence-corrected chi connectivity index (χ3v) is 3.83. The third-order valence-electron chi connectivity index (χ3n) is 3.50. The lowest BCUT2D eigenvalue weighted by Crippen LogP contribution is -2.41. The summed E-state index contributed by atoms with van der Waals surface area (Å²) in [7, 11) is 1.25. The Morgan fingerprint density at radius 2 is 1.68 bits per heavy atom. The predicted molar refractivity (Wildman–Crippen MR) is 98.9 cm³/mol. The SMILES string of the molecule is C=C(Br)C[C@H](NC(=O)CCC(=O)N[C@H](C)c1ccccc1)C(=O)OC. The van der Waals surface area contributed by atoms with Crippen LogP contribution in [0.15, 0.2) is 41.4 Å². The molecule has 2 atom stereocenters. The molecule has 6 nitrogen and oxygen atoms in total. The Balaban J connectivity index is 2.45. The molecule has 0 aromatic heterocycles. The Kier molecular flexibility index (Phi) is 8.91. The highest BCUT2D eigenvalue weighted by atomic mass is 79.9. The number of hydrogen-bond donors (Lipinski definition) is 2. The Morgan fingerprint density at radius 1 is 1.12 bits per heavy atom. The zero-order valence-electron chi connectivity index (χ0n) is 14.4. The van der Waals surface area contributed by atoms with E-state index in [9.17, 15) is 14.4 Å². The van der Waals surface area contributed by atoms with Crippen molar-refractivity contribution in [1.29, 1.82) is 0 Å². The van der Waals surface area contributed by atoms with Crippen LogP contribution in [0.2, 0.25) is 0 Å². The number of carbonyl (C=O) groups excluding carboxylic acids is 3. The molecule has 136 valence electrons. The van der Waals surface area contributed by atoms with E-state index in [2.05, 4.69) is 37.9 Å². The number of esters is 1. The third kappa shape index (κ3) is 7.98. The number of rotatable bonds is 9. The maximum absolute atomic E-state index is 12.0. The van der Waals surface area contributed by atoms with Gasteiger partial charge in [-0.15, -0.1) is 0 Å². The molecule has 1 aromatic rings. The first kappa shape index (κ1) is 20.9. The van der Waals surface area contributed by atoms with Crippen molar-refractivity contribution in [3.63, 3.8) is 0 Å².